The summed E-state index contributed by atoms with van der Waals surface area (Å²) >= 11 is 0. The summed E-state index contributed by atoms with van der Waals surface area (Å²) in [5.41, 5.74) is 3.18. The summed E-state index contributed by atoms with van der Waals surface area (Å²) in [6.07, 6.45) is 12.8. The Labute approximate surface area is 156 Å². The van der Waals surface area contributed by atoms with Crippen molar-refractivity contribution >= 4 is 5.97 Å². The van der Waals surface area contributed by atoms with E-state index in [0.717, 1.165) is 17.5 Å². The van der Waals surface area contributed by atoms with E-state index in [0.29, 0.717) is 5.82 Å². The fourth-order valence-corrected chi connectivity index (χ4v) is 3.08. The molecule has 1 heterocycles. The second-order valence-corrected chi connectivity index (χ2v) is 7.05. The Kier molecular flexibility index (Phi) is 8.26. The van der Waals surface area contributed by atoms with Crippen molar-refractivity contribution in [1.29, 1.82) is 0 Å². The van der Waals surface area contributed by atoms with E-state index in [2.05, 4.69) is 16.9 Å². The van der Waals surface area contributed by atoms with Crippen molar-refractivity contribution in [1.82, 2.24) is 9.97 Å². The maximum absolute atomic E-state index is 10.8. The second-order valence-electron chi connectivity index (χ2n) is 7.05. The lowest BCUT2D eigenvalue weighted by Gasteiger charge is -2.10. The topological polar surface area (TPSA) is 63.1 Å². The Balaban J connectivity index is 1.86. The standard InChI is InChI=1S/C22H30N2O2/c1-3-4-5-6-7-8-9-18-15-23-22(24-16-18)20-12-10-19(11-13-20)17(2)14-21(25)26/h10-13,15-17H,3-9,14H2,1-2H3,(H,25,26). The lowest BCUT2D eigenvalue weighted by molar-refractivity contribution is -0.137. The predicted molar refractivity (Wildman–Crippen MR) is 105 cm³/mol. The minimum Gasteiger partial charge on any atom is -0.481 e. The molecule has 140 valence electrons. The zero-order chi connectivity index (χ0) is 18.8. The van der Waals surface area contributed by atoms with E-state index in [1.165, 1.54) is 44.1 Å². The monoisotopic (exact) mass is 354 g/mol. The predicted octanol–water partition coefficient (Wildman–Crippen LogP) is 5.62. The molecule has 1 atom stereocenters. The van der Waals surface area contributed by atoms with Crippen LogP contribution in [0.2, 0.25) is 0 Å². The fraction of sp³-hybridized carbons (Fsp3) is 0.500. The van der Waals surface area contributed by atoms with Gasteiger partial charge in [-0.15, -0.1) is 0 Å². The van der Waals surface area contributed by atoms with Crippen LogP contribution in [0.5, 0.6) is 0 Å². The molecule has 1 unspecified atom stereocenters. The Bertz CT molecular complexity index is 666. The molecule has 0 fully saturated rings. The zero-order valence-corrected chi connectivity index (χ0v) is 15.9. The molecule has 0 amide bonds. The van der Waals surface area contributed by atoms with Gasteiger partial charge in [-0.3, -0.25) is 4.79 Å². The maximum Gasteiger partial charge on any atom is 0.303 e. The van der Waals surface area contributed by atoms with Crippen molar-refractivity contribution in [3.8, 4) is 11.4 Å². The smallest absolute Gasteiger partial charge is 0.303 e. The average molecular weight is 354 g/mol. The van der Waals surface area contributed by atoms with Gasteiger partial charge in [0.25, 0.3) is 0 Å². The molecule has 0 aliphatic heterocycles. The number of hydrogen-bond acceptors (Lipinski definition) is 3. The molecule has 0 aliphatic rings. The van der Waals surface area contributed by atoms with Crippen LogP contribution >= 0.6 is 0 Å². The highest BCUT2D eigenvalue weighted by atomic mass is 16.4. The summed E-state index contributed by atoms with van der Waals surface area (Å²) in [7, 11) is 0. The third-order valence-electron chi connectivity index (χ3n) is 4.74. The van der Waals surface area contributed by atoms with Gasteiger partial charge in [0.1, 0.15) is 0 Å². The summed E-state index contributed by atoms with van der Waals surface area (Å²) in [5, 5.41) is 8.90. The molecule has 4 nitrogen and oxygen atoms in total. The summed E-state index contributed by atoms with van der Waals surface area (Å²) in [5.74, 6) is -0.0535. The van der Waals surface area contributed by atoms with Gasteiger partial charge in [-0.05, 0) is 29.9 Å². The number of rotatable bonds is 11. The molecule has 0 saturated carbocycles. The number of hydrogen-bond donors (Lipinski definition) is 1. The molecule has 0 saturated heterocycles. The van der Waals surface area contributed by atoms with Crippen LogP contribution in [0.4, 0.5) is 0 Å². The summed E-state index contributed by atoms with van der Waals surface area (Å²) in [6, 6.07) is 7.87. The van der Waals surface area contributed by atoms with Crippen LogP contribution in [0.1, 0.15) is 75.8 Å². The molecule has 1 aromatic carbocycles. The first-order valence-corrected chi connectivity index (χ1v) is 9.73. The molecule has 2 aromatic rings. The number of aromatic nitrogens is 2. The van der Waals surface area contributed by atoms with Gasteiger partial charge < -0.3 is 5.11 Å². The third kappa shape index (κ3) is 6.58. The van der Waals surface area contributed by atoms with Crippen LogP contribution in [-0.4, -0.2) is 21.0 Å². The number of unbranched alkanes of at least 4 members (excludes halogenated alkanes) is 5. The molecule has 2 rings (SSSR count). The zero-order valence-electron chi connectivity index (χ0n) is 15.9. The van der Waals surface area contributed by atoms with Gasteiger partial charge in [-0.1, -0.05) is 70.2 Å². The molecule has 0 radical (unpaired) electrons. The van der Waals surface area contributed by atoms with Crippen LogP contribution in [0.15, 0.2) is 36.7 Å². The van der Waals surface area contributed by atoms with E-state index in [1.807, 2.05) is 43.6 Å². The van der Waals surface area contributed by atoms with Crippen LogP contribution < -0.4 is 0 Å². The van der Waals surface area contributed by atoms with Gasteiger partial charge in [0.15, 0.2) is 5.82 Å². The summed E-state index contributed by atoms with van der Waals surface area (Å²) in [4.78, 5) is 19.8. The molecular formula is C22H30N2O2. The van der Waals surface area contributed by atoms with Crippen LogP contribution in [-0.2, 0) is 11.2 Å². The van der Waals surface area contributed by atoms with Gasteiger partial charge in [0.05, 0.1) is 6.42 Å². The molecule has 1 N–H and O–H groups in total. The maximum atomic E-state index is 10.8. The summed E-state index contributed by atoms with van der Waals surface area (Å²) < 4.78 is 0. The highest BCUT2D eigenvalue weighted by Gasteiger charge is 2.10. The largest absolute Gasteiger partial charge is 0.481 e. The first kappa shape index (κ1) is 20.1. The third-order valence-corrected chi connectivity index (χ3v) is 4.74. The van der Waals surface area contributed by atoms with Gasteiger partial charge in [-0.2, -0.15) is 0 Å². The first-order valence-electron chi connectivity index (χ1n) is 9.73. The highest BCUT2D eigenvalue weighted by Crippen LogP contribution is 2.22. The Morgan fingerprint density at radius 1 is 1.00 bits per heavy atom. The van der Waals surface area contributed by atoms with Crippen LogP contribution in [0, 0.1) is 0 Å². The highest BCUT2D eigenvalue weighted by molar-refractivity contribution is 5.68. The van der Waals surface area contributed by atoms with E-state index in [1.54, 1.807) is 0 Å². The molecule has 0 bridgehead atoms. The molecule has 4 heteroatoms. The molecule has 1 aromatic heterocycles. The number of aryl methyl sites for hydroxylation is 1. The Morgan fingerprint density at radius 3 is 2.23 bits per heavy atom. The lowest BCUT2D eigenvalue weighted by atomic mass is 9.97. The second kappa shape index (κ2) is 10.7. The van der Waals surface area contributed by atoms with Crippen molar-refractivity contribution in [3.05, 3.63) is 47.8 Å². The van der Waals surface area contributed by atoms with Crippen molar-refractivity contribution < 1.29 is 9.90 Å². The number of carbonyl (C=O) groups is 1. The van der Waals surface area contributed by atoms with Crippen LogP contribution in [0.3, 0.4) is 0 Å². The molecule has 26 heavy (non-hydrogen) atoms. The van der Waals surface area contributed by atoms with Crippen molar-refractivity contribution in [2.45, 2.75) is 71.1 Å². The van der Waals surface area contributed by atoms with E-state index in [-0.39, 0.29) is 12.3 Å². The lowest BCUT2D eigenvalue weighted by Crippen LogP contribution is -2.02. The normalized spacial score (nSPS) is 12.1. The minimum atomic E-state index is -0.772. The van der Waals surface area contributed by atoms with Gasteiger partial charge in [0, 0.05) is 18.0 Å². The quantitative estimate of drug-likeness (QED) is 0.532. The number of carboxylic acids is 1. The first-order chi connectivity index (χ1) is 12.6. The molecular weight excluding hydrogens is 324 g/mol. The minimum absolute atomic E-state index is 0.00201. The number of aliphatic carboxylic acids is 1. The fourth-order valence-electron chi connectivity index (χ4n) is 3.08. The molecule has 0 aliphatic carbocycles. The molecule has 0 spiro atoms. The Hall–Kier alpha value is -2.23. The van der Waals surface area contributed by atoms with E-state index in [9.17, 15) is 4.79 Å². The SMILES string of the molecule is CCCCCCCCc1cnc(-c2ccc(C(C)CC(=O)O)cc2)nc1. The van der Waals surface area contributed by atoms with Gasteiger partial charge in [-0.25, -0.2) is 9.97 Å². The van der Waals surface area contributed by atoms with Crippen molar-refractivity contribution in [3.63, 3.8) is 0 Å². The van der Waals surface area contributed by atoms with Crippen molar-refractivity contribution in [2.24, 2.45) is 0 Å². The number of nitrogens with zero attached hydrogens (tertiary/aromatic N) is 2. The van der Waals surface area contributed by atoms with Gasteiger partial charge in [0.2, 0.25) is 0 Å². The Morgan fingerprint density at radius 2 is 1.62 bits per heavy atom. The van der Waals surface area contributed by atoms with Crippen molar-refractivity contribution in [2.75, 3.05) is 0 Å². The van der Waals surface area contributed by atoms with E-state index >= 15 is 0 Å². The number of carboxylic acid groups (broad SMARTS) is 1. The van der Waals surface area contributed by atoms with Gasteiger partial charge >= 0.3 is 5.97 Å². The van der Waals surface area contributed by atoms with E-state index < -0.39 is 5.97 Å². The van der Waals surface area contributed by atoms with E-state index in [4.69, 9.17) is 5.11 Å². The average Bonchev–Trinajstić information content (AvgIpc) is 2.65. The number of benzene rings is 1. The van der Waals surface area contributed by atoms with Crippen LogP contribution in [0.25, 0.3) is 11.4 Å². The summed E-state index contributed by atoms with van der Waals surface area (Å²) in [6.45, 7) is 4.17.